The van der Waals surface area contributed by atoms with Crippen LogP contribution in [-0.2, 0) is 23.8 Å². The number of carbonyl (C=O) groups is 1. The maximum atomic E-state index is 10.9. The molecule has 0 N–H and O–H groups in total. The minimum absolute atomic E-state index is 0.115. The lowest BCUT2D eigenvalue weighted by molar-refractivity contribution is -0.139. The molecule has 0 aromatic carbocycles. The highest BCUT2D eigenvalue weighted by Gasteiger charge is 2.03. The Kier molecular flexibility index (Phi) is 6.19. The Hall–Kier alpha value is -0.880. The van der Waals surface area contributed by atoms with E-state index in [1.807, 2.05) is 0 Å². The molecule has 0 atom stereocenters. The van der Waals surface area contributed by atoms with E-state index >= 15 is 0 Å². The Bertz CT molecular complexity index is 317. The van der Waals surface area contributed by atoms with Gasteiger partial charge in [-0.3, -0.25) is 4.18 Å². The van der Waals surface area contributed by atoms with E-state index in [2.05, 4.69) is 10.8 Å². The van der Waals surface area contributed by atoms with Gasteiger partial charge >= 0.3 is 5.97 Å². The molecule has 0 aromatic heterocycles. The highest BCUT2D eigenvalue weighted by Crippen LogP contribution is 1.97. The van der Waals surface area contributed by atoms with Gasteiger partial charge in [-0.15, -0.1) is 0 Å². The first-order valence-corrected chi connectivity index (χ1v) is 6.31. The van der Waals surface area contributed by atoms with Gasteiger partial charge in [0.1, 0.15) is 0 Å². The van der Waals surface area contributed by atoms with Gasteiger partial charge in [0.15, 0.2) is 0 Å². The van der Waals surface area contributed by atoms with E-state index < -0.39 is 16.1 Å². The summed E-state index contributed by atoms with van der Waals surface area (Å²) in [4.78, 5) is 10.9. The quantitative estimate of drug-likeness (QED) is 0.284. The van der Waals surface area contributed by atoms with Crippen LogP contribution in [-0.4, -0.2) is 33.9 Å². The Morgan fingerprint density at radius 3 is 2.27 bits per heavy atom. The van der Waals surface area contributed by atoms with E-state index in [4.69, 9.17) is 4.74 Å². The van der Waals surface area contributed by atoms with Gasteiger partial charge in [0.2, 0.25) is 0 Å². The zero-order chi connectivity index (χ0) is 11.9. The molecule has 0 spiro atoms. The number of carbonyl (C=O) groups excluding carboxylic acids is 1. The zero-order valence-corrected chi connectivity index (χ0v) is 9.80. The number of hydrogen-bond donors (Lipinski definition) is 0. The van der Waals surface area contributed by atoms with Crippen molar-refractivity contribution in [2.45, 2.75) is 19.8 Å². The predicted molar refractivity (Wildman–Crippen MR) is 55.8 cm³/mol. The molecule has 0 radical (unpaired) electrons. The van der Waals surface area contributed by atoms with E-state index in [1.54, 1.807) is 6.92 Å². The lowest BCUT2D eigenvalue weighted by Gasteiger charge is -2.04. The normalized spacial score (nSPS) is 11.1. The van der Waals surface area contributed by atoms with Crippen LogP contribution in [0.3, 0.4) is 0 Å². The first kappa shape index (κ1) is 14.1. The van der Waals surface area contributed by atoms with Crippen LogP contribution in [0.2, 0.25) is 0 Å². The Morgan fingerprint density at radius 1 is 1.27 bits per heavy atom. The maximum absolute atomic E-state index is 10.9. The molecule has 15 heavy (non-hydrogen) atoms. The maximum Gasteiger partial charge on any atom is 0.333 e. The van der Waals surface area contributed by atoms with E-state index in [0.29, 0.717) is 18.4 Å². The minimum Gasteiger partial charge on any atom is -0.462 e. The third kappa shape index (κ3) is 9.42. The summed E-state index contributed by atoms with van der Waals surface area (Å²) in [6.45, 7) is 5.35. The average molecular weight is 236 g/mol. The Balaban J connectivity index is 3.41. The fraction of sp³-hybridized carbons (Fsp3) is 0.667. The Morgan fingerprint density at radius 2 is 1.80 bits per heavy atom. The van der Waals surface area contributed by atoms with Crippen molar-refractivity contribution in [3.05, 3.63) is 12.2 Å². The second-order valence-electron chi connectivity index (χ2n) is 3.15. The number of unbranched alkanes of at least 4 members (excludes halogenated alkanes) is 1. The monoisotopic (exact) mass is 236 g/mol. The van der Waals surface area contributed by atoms with Crippen molar-refractivity contribution in [1.29, 1.82) is 0 Å². The highest BCUT2D eigenvalue weighted by molar-refractivity contribution is 7.85. The predicted octanol–water partition coefficient (Wildman–Crippen LogP) is 0.862. The van der Waals surface area contributed by atoms with Crippen LogP contribution in [0.5, 0.6) is 0 Å². The molecule has 0 bridgehead atoms. The molecule has 0 saturated heterocycles. The fourth-order valence-corrected chi connectivity index (χ4v) is 1.12. The molecule has 5 nitrogen and oxygen atoms in total. The van der Waals surface area contributed by atoms with Crippen molar-refractivity contribution in [3.8, 4) is 0 Å². The molecular weight excluding hydrogens is 220 g/mol. The van der Waals surface area contributed by atoms with Crippen LogP contribution in [0.15, 0.2) is 12.2 Å². The van der Waals surface area contributed by atoms with Crippen LogP contribution >= 0.6 is 0 Å². The van der Waals surface area contributed by atoms with Gasteiger partial charge < -0.3 is 4.74 Å². The second-order valence-corrected chi connectivity index (χ2v) is 4.79. The lowest BCUT2D eigenvalue weighted by atomic mass is 10.3. The van der Waals surface area contributed by atoms with Crippen molar-refractivity contribution in [3.63, 3.8) is 0 Å². The van der Waals surface area contributed by atoms with Crippen LogP contribution in [0.25, 0.3) is 0 Å². The summed E-state index contributed by atoms with van der Waals surface area (Å²) >= 11 is 0. The third-order valence-corrected chi connectivity index (χ3v) is 2.01. The second kappa shape index (κ2) is 6.58. The molecule has 0 fully saturated rings. The van der Waals surface area contributed by atoms with Crippen molar-refractivity contribution in [2.24, 2.45) is 0 Å². The van der Waals surface area contributed by atoms with Gasteiger partial charge in [-0.25, -0.2) is 4.79 Å². The van der Waals surface area contributed by atoms with Gasteiger partial charge in [-0.2, -0.15) is 8.42 Å². The largest absolute Gasteiger partial charge is 0.462 e. The summed E-state index contributed by atoms with van der Waals surface area (Å²) < 4.78 is 30.4. The van der Waals surface area contributed by atoms with E-state index in [0.717, 1.165) is 6.26 Å². The third-order valence-electron chi connectivity index (χ3n) is 1.42. The van der Waals surface area contributed by atoms with Gasteiger partial charge in [-0.1, -0.05) is 6.58 Å². The fourth-order valence-electron chi connectivity index (χ4n) is 0.702. The van der Waals surface area contributed by atoms with Gasteiger partial charge in [0, 0.05) is 5.57 Å². The van der Waals surface area contributed by atoms with Gasteiger partial charge in [0.25, 0.3) is 10.1 Å². The first-order chi connectivity index (χ1) is 6.83. The topological polar surface area (TPSA) is 69.7 Å². The molecule has 88 valence electrons. The van der Waals surface area contributed by atoms with E-state index in [9.17, 15) is 13.2 Å². The molecule has 0 aliphatic carbocycles. The van der Waals surface area contributed by atoms with Crippen molar-refractivity contribution in [1.82, 2.24) is 0 Å². The molecule has 0 unspecified atom stereocenters. The molecule has 0 aromatic rings. The van der Waals surface area contributed by atoms with Crippen LogP contribution in [0.1, 0.15) is 19.8 Å². The molecule has 0 aliphatic rings. The van der Waals surface area contributed by atoms with Crippen LogP contribution in [0.4, 0.5) is 0 Å². The van der Waals surface area contributed by atoms with Crippen molar-refractivity contribution in [2.75, 3.05) is 19.5 Å². The SMILES string of the molecule is C=C(C)C(=O)OCCCCOS(C)(=O)=O. The number of esters is 1. The Labute approximate surface area is 90.2 Å². The van der Waals surface area contributed by atoms with Crippen LogP contribution in [0, 0.1) is 0 Å². The minimum atomic E-state index is -3.36. The molecular formula is C9H16O5S. The summed E-state index contributed by atoms with van der Waals surface area (Å²) in [6, 6.07) is 0. The van der Waals surface area contributed by atoms with Crippen molar-refractivity contribution < 1.29 is 22.1 Å². The molecule has 0 amide bonds. The van der Waals surface area contributed by atoms with E-state index in [1.165, 1.54) is 0 Å². The molecule has 6 heteroatoms. The number of ether oxygens (including phenoxy) is 1. The summed E-state index contributed by atoms with van der Waals surface area (Å²) in [7, 11) is -3.36. The van der Waals surface area contributed by atoms with Gasteiger partial charge in [-0.05, 0) is 19.8 Å². The zero-order valence-electron chi connectivity index (χ0n) is 8.99. The summed E-state index contributed by atoms with van der Waals surface area (Å²) in [5, 5.41) is 0. The average Bonchev–Trinajstić information content (AvgIpc) is 2.08. The summed E-state index contributed by atoms with van der Waals surface area (Å²) in [5.74, 6) is -0.431. The molecule has 0 rings (SSSR count). The summed E-state index contributed by atoms with van der Waals surface area (Å²) in [5.41, 5.74) is 0.349. The first-order valence-electron chi connectivity index (χ1n) is 4.50. The van der Waals surface area contributed by atoms with Crippen LogP contribution < -0.4 is 0 Å². The van der Waals surface area contributed by atoms with E-state index in [-0.39, 0.29) is 13.2 Å². The van der Waals surface area contributed by atoms with Crippen molar-refractivity contribution >= 4 is 16.1 Å². The molecule has 0 aliphatic heterocycles. The smallest absolute Gasteiger partial charge is 0.333 e. The van der Waals surface area contributed by atoms with Gasteiger partial charge in [0.05, 0.1) is 19.5 Å². The summed E-state index contributed by atoms with van der Waals surface area (Å²) in [6.07, 6.45) is 2.08. The molecule has 0 saturated carbocycles. The number of hydrogen-bond acceptors (Lipinski definition) is 5. The molecule has 0 heterocycles. The number of rotatable bonds is 7. The lowest BCUT2D eigenvalue weighted by Crippen LogP contribution is -2.08. The highest BCUT2D eigenvalue weighted by atomic mass is 32.2. The standard InChI is InChI=1S/C9H16O5S/c1-8(2)9(10)13-6-4-5-7-14-15(3,11)12/h1,4-7H2,2-3H3.